The van der Waals surface area contributed by atoms with Gasteiger partial charge >= 0.3 is 0 Å². The quantitative estimate of drug-likeness (QED) is 0.799. The van der Waals surface area contributed by atoms with Crippen LogP contribution in [0.25, 0.3) is 0 Å². The number of rotatable bonds is 7. The van der Waals surface area contributed by atoms with Crippen LogP contribution in [0.5, 0.6) is 0 Å². The molecule has 0 amide bonds. The van der Waals surface area contributed by atoms with Gasteiger partial charge in [-0.15, -0.1) is 0 Å². The van der Waals surface area contributed by atoms with Crippen molar-refractivity contribution in [2.75, 3.05) is 11.4 Å². The molecule has 0 heterocycles. The van der Waals surface area contributed by atoms with Gasteiger partial charge in [-0.05, 0) is 50.5 Å². The maximum atomic E-state index is 13.4. The average Bonchev–Trinajstić information content (AvgIpc) is 2.39. The van der Waals surface area contributed by atoms with Crippen LogP contribution < -0.4 is 10.6 Å². The number of benzene rings is 1. The Morgan fingerprint density at radius 1 is 1.26 bits per heavy atom. The lowest BCUT2D eigenvalue weighted by Gasteiger charge is -2.33. The second kappa shape index (κ2) is 7.49. The molecule has 1 aromatic carbocycles. The predicted octanol–water partition coefficient (Wildman–Crippen LogP) is 4.25. The Balaban J connectivity index is 3.13. The van der Waals surface area contributed by atoms with E-state index in [2.05, 4.69) is 25.7 Å². The van der Waals surface area contributed by atoms with Crippen molar-refractivity contribution in [3.05, 3.63) is 29.6 Å². The van der Waals surface area contributed by atoms with E-state index in [1.165, 1.54) is 6.07 Å². The third-order valence-electron chi connectivity index (χ3n) is 3.67. The van der Waals surface area contributed by atoms with Gasteiger partial charge in [0.15, 0.2) is 0 Å². The van der Waals surface area contributed by atoms with Crippen molar-refractivity contribution in [2.24, 2.45) is 5.73 Å². The summed E-state index contributed by atoms with van der Waals surface area (Å²) >= 11 is 0. The van der Waals surface area contributed by atoms with E-state index in [1.807, 2.05) is 13.0 Å². The smallest absolute Gasteiger partial charge is 0.123 e. The predicted molar refractivity (Wildman–Crippen MR) is 81.0 cm³/mol. The van der Waals surface area contributed by atoms with E-state index in [0.29, 0.717) is 6.04 Å². The van der Waals surface area contributed by atoms with Gasteiger partial charge in [0.25, 0.3) is 0 Å². The van der Waals surface area contributed by atoms with Gasteiger partial charge in [-0.3, -0.25) is 0 Å². The zero-order chi connectivity index (χ0) is 14.4. The minimum Gasteiger partial charge on any atom is -0.369 e. The molecule has 0 fully saturated rings. The minimum absolute atomic E-state index is 0.154. The van der Waals surface area contributed by atoms with Crippen molar-refractivity contribution in [3.8, 4) is 0 Å². The molecule has 0 aromatic heterocycles. The third kappa shape index (κ3) is 4.20. The van der Waals surface area contributed by atoms with Gasteiger partial charge in [-0.25, -0.2) is 4.39 Å². The van der Waals surface area contributed by atoms with Crippen molar-refractivity contribution in [3.63, 3.8) is 0 Å². The molecule has 108 valence electrons. The lowest BCUT2D eigenvalue weighted by molar-refractivity contribution is 0.586. The van der Waals surface area contributed by atoms with E-state index in [1.54, 1.807) is 6.07 Å². The highest BCUT2D eigenvalue weighted by molar-refractivity contribution is 5.55. The van der Waals surface area contributed by atoms with E-state index in [0.717, 1.165) is 37.1 Å². The Labute approximate surface area is 116 Å². The van der Waals surface area contributed by atoms with Gasteiger partial charge < -0.3 is 10.6 Å². The summed E-state index contributed by atoms with van der Waals surface area (Å²) < 4.78 is 13.4. The topological polar surface area (TPSA) is 29.3 Å². The average molecular weight is 266 g/mol. The van der Waals surface area contributed by atoms with Gasteiger partial charge in [-0.1, -0.05) is 20.3 Å². The Hall–Kier alpha value is -1.09. The van der Waals surface area contributed by atoms with Crippen LogP contribution in [0.1, 0.15) is 58.6 Å². The van der Waals surface area contributed by atoms with Crippen LogP contribution in [0.2, 0.25) is 0 Å². The molecule has 1 aromatic rings. The number of hydrogen-bond acceptors (Lipinski definition) is 2. The van der Waals surface area contributed by atoms with Gasteiger partial charge in [0.05, 0.1) is 0 Å². The van der Waals surface area contributed by atoms with Crippen LogP contribution in [-0.4, -0.2) is 12.6 Å². The van der Waals surface area contributed by atoms with Gasteiger partial charge in [-0.2, -0.15) is 0 Å². The van der Waals surface area contributed by atoms with Crippen molar-refractivity contribution >= 4 is 5.69 Å². The summed E-state index contributed by atoms with van der Waals surface area (Å²) in [5.74, 6) is -0.212. The highest BCUT2D eigenvalue weighted by Gasteiger charge is 2.18. The molecule has 0 aliphatic carbocycles. The Morgan fingerprint density at radius 2 is 1.95 bits per heavy atom. The summed E-state index contributed by atoms with van der Waals surface area (Å²) in [5.41, 5.74) is 7.98. The summed E-state index contributed by atoms with van der Waals surface area (Å²) in [7, 11) is 0. The Kier molecular flexibility index (Phi) is 6.29. The molecular weight excluding hydrogens is 239 g/mol. The first-order valence-electron chi connectivity index (χ1n) is 7.32. The lowest BCUT2D eigenvalue weighted by Crippen LogP contribution is -2.34. The van der Waals surface area contributed by atoms with E-state index < -0.39 is 0 Å². The second-order valence-corrected chi connectivity index (χ2v) is 5.30. The van der Waals surface area contributed by atoms with Crippen molar-refractivity contribution in [1.82, 2.24) is 0 Å². The first-order chi connectivity index (χ1) is 9.01. The molecule has 0 bridgehead atoms. The van der Waals surface area contributed by atoms with E-state index >= 15 is 0 Å². The zero-order valence-corrected chi connectivity index (χ0v) is 12.6. The van der Waals surface area contributed by atoms with Crippen LogP contribution in [0.4, 0.5) is 10.1 Å². The van der Waals surface area contributed by atoms with Crippen LogP contribution in [0.3, 0.4) is 0 Å². The lowest BCUT2D eigenvalue weighted by atomic mass is 10.0. The first kappa shape index (κ1) is 16.0. The van der Waals surface area contributed by atoms with Gasteiger partial charge in [0.2, 0.25) is 0 Å². The molecule has 0 aliphatic heterocycles. The van der Waals surface area contributed by atoms with Gasteiger partial charge in [0.1, 0.15) is 5.82 Å². The van der Waals surface area contributed by atoms with Crippen LogP contribution in [0.15, 0.2) is 18.2 Å². The summed E-state index contributed by atoms with van der Waals surface area (Å²) in [4.78, 5) is 2.36. The number of halogens is 1. The molecular formula is C16H27FN2. The Bertz CT molecular complexity index is 390. The molecule has 3 heteroatoms. The largest absolute Gasteiger partial charge is 0.369 e. The number of hydrogen-bond donors (Lipinski definition) is 1. The molecule has 0 spiro atoms. The molecule has 0 aliphatic rings. The first-order valence-corrected chi connectivity index (χ1v) is 7.32. The highest BCUT2D eigenvalue weighted by Crippen LogP contribution is 2.28. The van der Waals surface area contributed by atoms with Crippen molar-refractivity contribution < 1.29 is 4.39 Å². The maximum Gasteiger partial charge on any atom is 0.123 e. The van der Waals surface area contributed by atoms with Crippen LogP contribution in [-0.2, 0) is 0 Å². The SMILES string of the molecule is CCCCN(c1ccc(F)cc1C(C)N)C(C)CC. The van der Waals surface area contributed by atoms with Crippen LogP contribution in [0, 0.1) is 5.82 Å². The fraction of sp³-hybridized carbons (Fsp3) is 0.625. The highest BCUT2D eigenvalue weighted by atomic mass is 19.1. The van der Waals surface area contributed by atoms with Crippen molar-refractivity contribution in [2.45, 2.75) is 59.0 Å². The summed E-state index contributed by atoms with van der Waals surface area (Å²) in [6.07, 6.45) is 3.36. The summed E-state index contributed by atoms with van der Waals surface area (Å²) in [6.45, 7) is 9.48. The monoisotopic (exact) mass is 266 g/mol. The maximum absolute atomic E-state index is 13.4. The number of anilines is 1. The third-order valence-corrected chi connectivity index (χ3v) is 3.67. The standard InChI is InChI=1S/C16H27FN2/c1-5-7-10-19(12(3)6-2)16-9-8-14(17)11-15(16)13(4)18/h8-9,11-13H,5-7,10,18H2,1-4H3. The number of nitrogens with zero attached hydrogens (tertiary/aromatic N) is 1. The molecule has 2 N–H and O–H groups in total. The fourth-order valence-electron chi connectivity index (χ4n) is 2.28. The van der Waals surface area contributed by atoms with E-state index in [4.69, 9.17) is 5.73 Å². The molecule has 1 rings (SSSR count). The minimum atomic E-state index is -0.212. The Morgan fingerprint density at radius 3 is 2.47 bits per heavy atom. The summed E-state index contributed by atoms with van der Waals surface area (Å²) in [6, 6.07) is 5.26. The molecule has 2 unspecified atom stereocenters. The molecule has 0 saturated carbocycles. The normalized spacial score (nSPS) is 14.2. The molecule has 0 radical (unpaired) electrons. The van der Waals surface area contributed by atoms with E-state index in [9.17, 15) is 4.39 Å². The second-order valence-electron chi connectivity index (χ2n) is 5.30. The van der Waals surface area contributed by atoms with E-state index in [-0.39, 0.29) is 11.9 Å². The van der Waals surface area contributed by atoms with Gasteiger partial charge in [0, 0.05) is 24.3 Å². The number of nitrogens with two attached hydrogens (primary N) is 1. The van der Waals surface area contributed by atoms with Crippen LogP contribution >= 0.6 is 0 Å². The summed E-state index contributed by atoms with van der Waals surface area (Å²) in [5, 5.41) is 0. The number of unbranched alkanes of at least 4 members (excludes halogenated alkanes) is 1. The molecule has 19 heavy (non-hydrogen) atoms. The molecule has 0 saturated heterocycles. The molecule has 2 nitrogen and oxygen atoms in total. The van der Waals surface area contributed by atoms with Crippen molar-refractivity contribution in [1.29, 1.82) is 0 Å². The fourth-order valence-corrected chi connectivity index (χ4v) is 2.28. The zero-order valence-electron chi connectivity index (χ0n) is 12.6. The molecule has 2 atom stereocenters.